The van der Waals surface area contributed by atoms with Crippen molar-refractivity contribution in [3.05, 3.63) is 89.6 Å². The molecule has 0 radical (unpaired) electrons. The van der Waals surface area contributed by atoms with Crippen LogP contribution in [-0.4, -0.2) is 234 Å². The van der Waals surface area contributed by atoms with E-state index in [0.717, 1.165) is 39.6 Å². The lowest BCUT2D eigenvalue weighted by Gasteiger charge is -2.31. The normalized spacial score (nSPS) is 23.4. The number of nitrogens with one attached hydrogen (secondary N) is 17. The Bertz CT molecular complexity index is 4040. The number of aromatic nitrogens is 3. The number of imidazole rings is 1. The molecule has 1 aliphatic heterocycles. The summed E-state index contributed by atoms with van der Waals surface area (Å²) < 4.78 is 0. The quantitative estimate of drug-likeness (QED) is 0.0136. The third-order valence-electron chi connectivity index (χ3n) is 18.6. The summed E-state index contributed by atoms with van der Waals surface area (Å²) in [5.41, 5.74) is 13.9. The molecule has 2 aromatic heterocycles. The summed E-state index contributed by atoms with van der Waals surface area (Å²) in [6.07, 6.45) is -0.161. The number of carbonyl (C=O) groups is 16. The Kier molecular flexibility index (Phi) is 34.6. The number of nitrogens with zero attached hydrogens (tertiary/aromatic N) is 1. The van der Waals surface area contributed by atoms with E-state index in [0.29, 0.717) is 22.9 Å². The number of aromatic amines is 2. The lowest BCUT2D eigenvalue weighted by Crippen LogP contribution is -2.62. The number of carboxylic acids is 2. The second kappa shape index (κ2) is 43.3. The van der Waals surface area contributed by atoms with Crippen LogP contribution in [0.2, 0.25) is 0 Å². The van der Waals surface area contributed by atoms with Gasteiger partial charge in [-0.25, -0.2) is 9.78 Å². The molecular weight excluding hydrogens is 1500 g/mol. The summed E-state index contributed by atoms with van der Waals surface area (Å²) in [5.74, 6) is -21.2. The summed E-state index contributed by atoms with van der Waals surface area (Å²) in [6.45, 7) is 9.02. The van der Waals surface area contributed by atoms with Gasteiger partial charge in [0.25, 0.3) is 0 Å². The highest BCUT2D eigenvalue weighted by atomic mass is 33.1. The minimum atomic E-state index is -2.05. The molecule has 24 N–H and O–H groups in total. The fraction of sp³-hybridized carbons (Fsp3) is 0.521. The molecule has 0 bridgehead atoms. The van der Waals surface area contributed by atoms with Gasteiger partial charge in [-0.3, -0.25) is 77.3 Å². The number of aliphatic carboxylic acids is 2. The van der Waals surface area contributed by atoms with Gasteiger partial charge in [0.15, 0.2) is 12.0 Å². The van der Waals surface area contributed by atoms with Gasteiger partial charge in [-0.15, -0.1) is 0 Å². The molecule has 1 fully saturated rings. The molecule has 0 spiro atoms. The average molecular weight is 1600 g/mol. The van der Waals surface area contributed by atoms with E-state index in [1.165, 1.54) is 32.6 Å². The van der Waals surface area contributed by atoms with Gasteiger partial charge in [0.1, 0.15) is 66.5 Å². The molecule has 0 saturated carbocycles. The van der Waals surface area contributed by atoms with Crippen LogP contribution in [0, 0.1) is 23.2 Å². The number of primary amides is 1. The first-order chi connectivity index (χ1) is 53.0. The van der Waals surface area contributed by atoms with Crippen molar-refractivity contribution in [2.45, 2.75) is 191 Å². The molecule has 2 aromatic carbocycles. The maximum absolute atomic E-state index is 15.2. The number of benzene rings is 2. The van der Waals surface area contributed by atoms with Crippen LogP contribution in [0.15, 0.2) is 67.3 Å². The first kappa shape index (κ1) is 89.5. The van der Waals surface area contributed by atoms with Gasteiger partial charge in [-0.1, -0.05) is 98.2 Å². The van der Waals surface area contributed by atoms with E-state index in [4.69, 9.17) is 16.9 Å². The molecule has 39 nitrogen and oxygen atoms in total. The van der Waals surface area contributed by atoms with E-state index in [1.807, 2.05) is 0 Å². The number of aliphatic hydroxyl groups is 1. The number of aliphatic hydroxyl groups excluding tert-OH is 1. The lowest BCUT2D eigenvalue weighted by molar-refractivity contribution is -0.145. The molecule has 0 unspecified atom stereocenters. The first-order valence-corrected chi connectivity index (χ1v) is 38.7. The van der Waals surface area contributed by atoms with Gasteiger partial charge in [0.2, 0.25) is 82.7 Å². The second-order valence-corrected chi connectivity index (χ2v) is 30.3. The summed E-state index contributed by atoms with van der Waals surface area (Å²) in [5, 5.41) is 74.2. The lowest BCUT2D eigenvalue weighted by atomic mass is 9.93. The average Bonchev–Trinajstić information content (AvgIpc) is 1.65. The number of amides is 14. The van der Waals surface area contributed by atoms with E-state index >= 15 is 14.4 Å². The molecule has 4 aromatic rings. The van der Waals surface area contributed by atoms with Gasteiger partial charge < -0.3 is 111 Å². The van der Waals surface area contributed by atoms with Crippen molar-refractivity contribution in [2.75, 3.05) is 24.6 Å². The first-order valence-electron chi connectivity index (χ1n) is 36.2. The van der Waals surface area contributed by atoms with E-state index in [-0.39, 0.29) is 50.8 Å². The zero-order valence-electron chi connectivity index (χ0n) is 62.8. The predicted molar refractivity (Wildman–Crippen MR) is 408 cm³/mol. The van der Waals surface area contributed by atoms with Crippen LogP contribution in [0.1, 0.15) is 109 Å². The number of fused-ring (bicyclic) bond motifs is 2. The zero-order chi connectivity index (χ0) is 82.6. The maximum atomic E-state index is 15.2. The SMILES string of the molecule is CC[C@H](C)[C@H](NC(C)=O)C(=O)N[C@H]1CSSC[C@@H](C(=O)N[C@H](C(=O)O)[C@@H](C)O)NC(=O)[C@H](CCCNC(=N)N)NC(=O)[C@H](Cc2c[nH]cn2)NC(=O)[C@H](C)NC(=O)CNC(=O)[C@H](Cc2c[nH]c3ccccc23)NC(=O)[C@H](CC(=O)O)NC(=O)[C@H](CCC(N)=O)NC(=O)[C@H](C2Cc3ccccc3C2)NC(=O)[C@H](C(C)C)NC1=O. The van der Waals surface area contributed by atoms with Crippen LogP contribution >= 0.6 is 21.6 Å². The number of hydrogen-bond donors (Lipinski definition) is 22. The molecule has 3 heterocycles. The Morgan fingerprint density at radius 3 is 1.88 bits per heavy atom. The van der Waals surface area contributed by atoms with E-state index in [2.05, 4.69) is 89.4 Å². The second-order valence-electron chi connectivity index (χ2n) is 27.7. The van der Waals surface area contributed by atoms with Gasteiger partial charge in [-0.05, 0) is 86.5 Å². The molecule has 2 aliphatic rings. The van der Waals surface area contributed by atoms with Crippen LogP contribution in [0.25, 0.3) is 10.9 Å². The summed E-state index contributed by atoms with van der Waals surface area (Å²) in [6, 6.07) is -6.14. The Hall–Kier alpha value is -11.4. The standard InChI is InChI=1S/C71H100N20O19S2/c1-8-34(4)56(81-37(7)93)68(107)88-51-31-112-111-30-50(66(105)90-57(36(6)92)70(109)110)87-61(100)45(18-13-21-76-71(73)74)82-63(102)48(25-42-28-75-32-79-42)84-59(98)35(5)80-53(95)29-78-60(99)47(24-41-27-77-44-17-12-11-16-43(41)44)85-64(103)49(26-54(96)97)86-62(101)46(19-20-52(72)94)83-69(108)58(40-22-38-14-9-10-15-39(38)23-40)91-67(106)55(33(2)3)89-65(51)104/h9-12,14-17,27-28,32-36,40,45-51,55-58,77,92H,8,13,18-26,29-31H2,1-7H3,(H2,72,94)(H,75,79)(H,78,99)(H,80,95)(H,81,93)(H,82,102)(H,83,108)(H,84,98)(H,85,103)(H,86,101)(H,87,100)(H,88,107)(H,89,104)(H,90,105)(H,91,106)(H,96,97)(H,109,110)(H4,73,74,76)/t34-,35-,36+,45-,46-,47-,48-,49-,50-,51-,55-,56-,57-,58-/m0/s1. The van der Waals surface area contributed by atoms with Crippen molar-refractivity contribution in [3.8, 4) is 0 Å². The monoisotopic (exact) mass is 1600 g/mol. The van der Waals surface area contributed by atoms with E-state index in [9.17, 15) is 77.6 Å². The minimum Gasteiger partial charge on any atom is -0.481 e. The van der Waals surface area contributed by atoms with Crippen LogP contribution in [-0.2, 0) is 102 Å². The van der Waals surface area contributed by atoms with Crippen molar-refractivity contribution in [1.29, 1.82) is 5.41 Å². The maximum Gasteiger partial charge on any atom is 0.328 e. The molecule has 1 aliphatic carbocycles. The fourth-order valence-corrected chi connectivity index (χ4v) is 14.6. The van der Waals surface area contributed by atoms with Crippen molar-refractivity contribution in [1.82, 2.24) is 89.4 Å². The summed E-state index contributed by atoms with van der Waals surface area (Å²) >= 11 is 0. The number of rotatable bonds is 24. The highest BCUT2D eigenvalue weighted by Crippen LogP contribution is 2.30. The van der Waals surface area contributed by atoms with Crippen molar-refractivity contribution < 1.29 is 92.0 Å². The minimum absolute atomic E-state index is 0.0161. The van der Waals surface area contributed by atoms with Crippen molar-refractivity contribution in [2.24, 2.45) is 29.2 Å². The van der Waals surface area contributed by atoms with Gasteiger partial charge in [0.05, 0.1) is 31.1 Å². The molecule has 1 saturated heterocycles. The Morgan fingerprint density at radius 2 is 1.26 bits per heavy atom. The number of para-hydroxylation sites is 1. The highest BCUT2D eigenvalue weighted by Gasteiger charge is 2.42. The van der Waals surface area contributed by atoms with Crippen LogP contribution < -0.4 is 85.9 Å². The molecule has 14 atom stereocenters. The highest BCUT2D eigenvalue weighted by molar-refractivity contribution is 8.76. The molecule has 610 valence electrons. The predicted octanol–water partition coefficient (Wildman–Crippen LogP) is -4.37. The molecule has 41 heteroatoms. The summed E-state index contributed by atoms with van der Waals surface area (Å²) in [4.78, 5) is 235. The number of hydrogen-bond acceptors (Lipinski definition) is 21. The third kappa shape index (κ3) is 27.6. The topological polar surface area (TPSA) is 623 Å². The Balaban J connectivity index is 1.46. The van der Waals surface area contributed by atoms with Crippen molar-refractivity contribution in [3.63, 3.8) is 0 Å². The molecular formula is C71H100N20O19S2. The largest absolute Gasteiger partial charge is 0.481 e. The third-order valence-corrected chi connectivity index (χ3v) is 21.0. The Morgan fingerprint density at radius 1 is 0.661 bits per heavy atom. The number of nitrogens with two attached hydrogens (primary N) is 2. The summed E-state index contributed by atoms with van der Waals surface area (Å²) in [7, 11) is 1.61. The molecule has 6 rings (SSSR count). The van der Waals surface area contributed by atoms with Gasteiger partial charge in [-0.2, -0.15) is 0 Å². The number of guanidine groups is 1. The van der Waals surface area contributed by atoms with Gasteiger partial charge >= 0.3 is 11.9 Å². The smallest absolute Gasteiger partial charge is 0.328 e. The van der Waals surface area contributed by atoms with Crippen LogP contribution in [0.3, 0.4) is 0 Å². The molecule has 112 heavy (non-hydrogen) atoms. The number of H-pyrrole nitrogens is 2. The zero-order valence-corrected chi connectivity index (χ0v) is 64.4. The van der Waals surface area contributed by atoms with Crippen molar-refractivity contribution >= 4 is 133 Å². The van der Waals surface area contributed by atoms with Gasteiger partial charge in [0, 0.05) is 67.5 Å². The molecule has 14 amide bonds. The number of carbonyl (C=O) groups excluding carboxylic acids is 14. The number of carboxylic acid groups (broad SMARTS) is 2. The van der Waals surface area contributed by atoms with E-state index < -0.39 is 234 Å². The fourth-order valence-electron chi connectivity index (χ4n) is 12.3. The van der Waals surface area contributed by atoms with E-state index in [1.54, 1.807) is 76.2 Å². The van der Waals surface area contributed by atoms with Crippen LogP contribution in [0.4, 0.5) is 0 Å². The Labute approximate surface area is 651 Å². The van der Waals surface area contributed by atoms with Crippen LogP contribution in [0.5, 0.6) is 0 Å².